The summed E-state index contributed by atoms with van der Waals surface area (Å²) in [5.41, 5.74) is 2.13. The molecule has 0 unspecified atom stereocenters. The summed E-state index contributed by atoms with van der Waals surface area (Å²) in [6.07, 6.45) is 4.52. The molecule has 2 aromatic rings. The number of aromatic amines is 1. The molecule has 4 nitrogen and oxygen atoms in total. The number of para-hydroxylation sites is 1. The maximum absolute atomic E-state index is 12.0. The van der Waals surface area contributed by atoms with E-state index in [1.165, 1.54) is 0 Å². The average Bonchev–Trinajstić information content (AvgIpc) is 2.77. The van der Waals surface area contributed by atoms with Crippen LogP contribution in [0.15, 0.2) is 30.5 Å². The van der Waals surface area contributed by atoms with E-state index in [-0.39, 0.29) is 11.9 Å². The lowest BCUT2D eigenvalue weighted by atomic mass is 9.89. The lowest BCUT2D eigenvalue weighted by Crippen LogP contribution is -2.47. The maximum atomic E-state index is 12.0. The SMILES string of the molecule is COC1CC(NC(=O)Cc2c[nH]c3ccccc23)C1. The molecule has 1 aromatic carbocycles. The van der Waals surface area contributed by atoms with E-state index in [0.717, 1.165) is 29.3 Å². The van der Waals surface area contributed by atoms with Crippen LogP contribution < -0.4 is 5.32 Å². The molecule has 0 bridgehead atoms. The molecule has 100 valence electrons. The van der Waals surface area contributed by atoms with Crippen molar-refractivity contribution in [1.82, 2.24) is 10.3 Å². The zero-order chi connectivity index (χ0) is 13.2. The topological polar surface area (TPSA) is 54.1 Å². The molecule has 0 atom stereocenters. The van der Waals surface area contributed by atoms with Crippen LogP contribution in [0.5, 0.6) is 0 Å². The van der Waals surface area contributed by atoms with E-state index >= 15 is 0 Å². The number of carbonyl (C=O) groups excluding carboxylic acids is 1. The fourth-order valence-corrected chi connectivity index (χ4v) is 2.61. The van der Waals surface area contributed by atoms with Gasteiger partial charge < -0.3 is 15.0 Å². The van der Waals surface area contributed by atoms with Crippen molar-refractivity contribution in [3.05, 3.63) is 36.0 Å². The number of H-pyrrole nitrogens is 1. The molecule has 0 saturated heterocycles. The lowest BCUT2D eigenvalue weighted by Gasteiger charge is -2.34. The molecule has 0 spiro atoms. The third-order valence-electron chi connectivity index (χ3n) is 3.82. The van der Waals surface area contributed by atoms with Crippen LogP contribution in [-0.4, -0.2) is 30.1 Å². The van der Waals surface area contributed by atoms with E-state index in [1.54, 1.807) is 7.11 Å². The van der Waals surface area contributed by atoms with Gasteiger partial charge in [-0.15, -0.1) is 0 Å². The molecule has 4 heteroatoms. The number of hydrogen-bond donors (Lipinski definition) is 2. The number of fused-ring (bicyclic) bond motifs is 1. The van der Waals surface area contributed by atoms with E-state index in [4.69, 9.17) is 4.74 Å². The largest absolute Gasteiger partial charge is 0.381 e. The van der Waals surface area contributed by atoms with Gasteiger partial charge in [0.15, 0.2) is 0 Å². The molecule has 2 N–H and O–H groups in total. The molecule has 3 rings (SSSR count). The Morgan fingerprint density at radius 2 is 2.21 bits per heavy atom. The maximum Gasteiger partial charge on any atom is 0.224 e. The highest BCUT2D eigenvalue weighted by Crippen LogP contribution is 2.23. The third-order valence-corrected chi connectivity index (χ3v) is 3.82. The Morgan fingerprint density at radius 1 is 1.42 bits per heavy atom. The standard InChI is InChI=1S/C15H18N2O2/c1-19-12-7-11(8-12)17-15(18)6-10-9-16-14-5-3-2-4-13(10)14/h2-5,9,11-12,16H,6-8H2,1H3,(H,17,18). The Labute approximate surface area is 112 Å². The number of nitrogens with one attached hydrogen (secondary N) is 2. The van der Waals surface area contributed by atoms with Crippen molar-refractivity contribution in [3.8, 4) is 0 Å². The highest BCUT2D eigenvalue weighted by atomic mass is 16.5. The molecular formula is C15H18N2O2. The summed E-state index contributed by atoms with van der Waals surface area (Å²) < 4.78 is 5.21. The number of benzene rings is 1. The Kier molecular flexibility index (Phi) is 3.25. The normalized spacial score (nSPS) is 22.2. The monoisotopic (exact) mass is 258 g/mol. The fraction of sp³-hybridized carbons (Fsp3) is 0.400. The molecule has 1 heterocycles. The van der Waals surface area contributed by atoms with E-state index in [2.05, 4.69) is 10.3 Å². The number of carbonyl (C=O) groups is 1. The van der Waals surface area contributed by atoms with Gasteiger partial charge in [-0.25, -0.2) is 0 Å². The number of hydrogen-bond acceptors (Lipinski definition) is 2. The van der Waals surface area contributed by atoms with Crippen molar-refractivity contribution in [2.45, 2.75) is 31.4 Å². The first-order chi connectivity index (χ1) is 9.26. The van der Waals surface area contributed by atoms with Gasteiger partial charge in [-0.05, 0) is 24.5 Å². The summed E-state index contributed by atoms with van der Waals surface area (Å²) in [6.45, 7) is 0. The second-order valence-corrected chi connectivity index (χ2v) is 5.13. The summed E-state index contributed by atoms with van der Waals surface area (Å²) >= 11 is 0. The molecule has 0 aliphatic heterocycles. The van der Waals surface area contributed by atoms with Gasteiger partial charge in [0.05, 0.1) is 12.5 Å². The summed E-state index contributed by atoms with van der Waals surface area (Å²) in [5, 5.41) is 4.18. The Morgan fingerprint density at radius 3 is 3.00 bits per heavy atom. The van der Waals surface area contributed by atoms with Gasteiger partial charge in [0.25, 0.3) is 0 Å². The zero-order valence-corrected chi connectivity index (χ0v) is 11.0. The number of ether oxygens (including phenoxy) is 1. The van der Waals surface area contributed by atoms with Gasteiger partial charge in [-0.1, -0.05) is 18.2 Å². The van der Waals surface area contributed by atoms with Crippen LogP contribution in [0, 0.1) is 0 Å². The summed E-state index contributed by atoms with van der Waals surface area (Å²) in [7, 11) is 1.72. The third kappa shape index (κ3) is 2.49. The fourth-order valence-electron chi connectivity index (χ4n) is 2.61. The van der Waals surface area contributed by atoms with Crippen LogP contribution >= 0.6 is 0 Å². The van der Waals surface area contributed by atoms with Gasteiger partial charge >= 0.3 is 0 Å². The molecular weight excluding hydrogens is 240 g/mol. The molecule has 19 heavy (non-hydrogen) atoms. The Balaban J connectivity index is 1.60. The molecule has 1 aromatic heterocycles. The molecule has 1 aliphatic rings. The van der Waals surface area contributed by atoms with Gasteiger partial charge in [-0.3, -0.25) is 4.79 Å². The number of rotatable bonds is 4. The molecule has 1 fully saturated rings. The van der Waals surface area contributed by atoms with Crippen LogP contribution in [0.3, 0.4) is 0 Å². The number of aromatic nitrogens is 1. The van der Waals surface area contributed by atoms with Gasteiger partial charge in [0.1, 0.15) is 0 Å². The molecule has 0 radical (unpaired) electrons. The molecule has 1 saturated carbocycles. The second kappa shape index (κ2) is 5.05. The van der Waals surface area contributed by atoms with Crippen molar-refractivity contribution in [2.75, 3.05) is 7.11 Å². The van der Waals surface area contributed by atoms with Crippen LogP contribution in [0.1, 0.15) is 18.4 Å². The van der Waals surface area contributed by atoms with Gasteiger partial charge in [-0.2, -0.15) is 0 Å². The quantitative estimate of drug-likeness (QED) is 0.881. The minimum absolute atomic E-state index is 0.0873. The predicted molar refractivity (Wildman–Crippen MR) is 74.0 cm³/mol. The Hall–Kier alpha value is -1.81. The summed E-state index contributed by atoms with van der Waals surface area (Å²) in [4.78, 5) is 15.2. The van der Waals surface area contributed by atoms with Gasteiger partial charge in [0, 0.05) is 30.3 Å². The average molecular weight is 258 g/mol. The van der Waals surface area contributed by atoms with Crippen molar-refractivity contribution < 1.29 is 9.53 Å². The predicted octanol–water partition coefficient (Wildman–Crippen LogP) is 2.00. The van der Waals surface area contributed by atoms with Crippen molar-refractivity contribution in [1.29, 1.82) is 0 Å². The van der Waals surface area contributed by atoms with Crippen molar-refractivity contribution >= 4 is 16.8 Å². The number of methoxy groups -OCH3 is 1. The van der Waals surface area contributed by atoms with Crippen molar-refractivity contribution in [3.63, 3.8) is 0 Å². The lowest BCUT2D eigenvalue weighted by molar-refractivity contribution is -0.122. The van der Waals surface area contributed by atoms with Crippen LogP contribution in [0.25, 0.3) is 10.9 Å². The van der Waals surface area contributed by atoms with Crippen LogP contribution in [-0.2, 0) is 16.0 Å². The highest BCUT2D eigenvalue weighted by Gasteiger charge is 2.30. The zero-order valence-electron chi connectivity index (χ0n) is 11.0. The van der Waals surface area contributed by atoms with Gasteiger partial charge in [0.2, 0.25) is 5.91 Å². The minimum Gasteiger partial charge on any atom is -0.381 e. The van der Waals surface area contributed by atoms with Crippen LogP contribution in [0.4, 0.5) is 0 Å². The summed E-state index contributed by atoms with van der Waals surface area (Å²) in [5.74, 6) is 0.0873. The highest BCUT2D eigenvalue weighted by molar-refractivity contribution is 5.88. The first kappa shape index (κ1) is 12.2. The second-order valence-electron chi connectivity index (χ2n) is 5.13. The minimum atomic E-state index is 0.0873. The first-order valence-electron chi connectivity index (χ1n) is 6.63. The number of amides is 1. The molecule has 1 amide bonds. The van der Waals surface area contributed by atoms with E-state index < -0.39 is 0 Å². The summed E-state index contributed by atoms with van der Waals surface area (Å²) in [6, 6.07) is 8.32. The van der Waals surface area contributed by atoms with E-state index in [0.29, 0.717) is 12.5 Å². The molecule has 1 aliphatic carbocycles. The smallest absolute Gasteiger partial charge is 0.224 e. The van der Waals surface area contributed by atoms with E-state index in [1.807, 2.05) is 30.5 Å². The first-order valence-corrected chi connectivity index (χ1v) is 6.63. The van der Waals surface area contributed by atoms with Crippen LogP contribution in [0.2, 0.25) is 0 Å². The van der Waals surface area contributed by atoms with Crippen molar-refractivity contribution in [2.24, 2.45) is 0 Å². The Bertz CT molecular complexity index is 585. The van der Waals surface area contributed by atoms with E-state index in [9.17, 15) is 4.79 Å².